The number of benzene rings is 1. The lowest BCUT2D eigenvalue weighted by atomic mass is 10.2. The molecule has 0 atom stereocenters. The first-order chi connectivity index (χ1) is 8.65. The molecular weight excluding hydrogens is 312 g/mol. The van der Waals surface area contributed by atoms with Crippen LogP contribution in [0.2, 0.25) is 0 Å². The molecule has 2 rings (SSSR count). The highest BCUT2D eigenvalue weighted by Gasteiger charge is 2.00. The summed E-state index contributed by atoms with van der Waals surface area (Å²) in [4.78, 5) is 4.59. The van der Waals surface area contributed by atoms with E-state index in [0.29, 0.717) is 11.6 Å². The Bertz CT molecular complexity index is 557. The van der Waals surface area contributed by atoms with Crippen molar-refractivity contribution >= 4 is 33.1 Å². The van der Waals surface area contributed by atoms with Crippen LogP contribution in [0.4, 0.5) is 0 Å². The Kier molecular flexibility index (Phi) is 4.28. The van der Waals surface area contributed by atoms with E-state index in [0.717, 1.165) is 21.5 Å². The summed E-state index contributed by atoms with van der Waals surface area (Å²) in [6.45, 7) is 0.411. The van der Waals surface area contributed by atoms with Gasteiger partial charge in [-0.15, -0.1) is 0 Å². The zero-order valence-corrected chi connectivity index (χ0v) is 11.9. The fourth-order valence-electron chi connectivity index (χ4n) is 1.39. The van der Waals surface area contributed by atoms with Gasteiger partial charge in [-0.25, -0.2) is 0 Å². The standard InChI is InChI=1S/C13H11BrN2OS/c14-10-4-5-11(16-7-10)8-17-12-3-1-2-9(6-12)13(15)18/h1-7H,8H2,(H2,15,18). The number of nitrogens with zero attached hydrogens (tertiary/aromatic N) is 1. The van der Waals surface area contributed by atoms with Crippen LogP contribution in [0.25, 0.3) is 0 Å². The number of hydrogen-bond donors (Lipinski definition) is 1. The second-order valence-corrected chi connectivity index (χ2v) is 5.00. The molecule has 0 unspecified atom stereocenters. The van der Waals surface area contributed by atoms with E-state index in [1.54, 1.807) is 6.20 Å². The molecule has 0 radical (unpaired) electrons. The minimum Gasteiger partial charge on any atom is -0.487 e. The third-order valence-corrected chi connectivity index (χ3v) is 3.00. The van der Waals surface area contributed by atoms with Crippen molar-refractivity contribution in [3.05, 3.63) is 58.3 Å². The summed E-state index contributed by atoms with van der Waals surface area (Å²) in [7, 11) is 0. The molecule has 18 heavy (non-hydrogen) atoms. The lowest BCUT2D eigenvalue weighted by Crippen LogP contribution is -2.09. The summed E-state index contributed by atoms with van der Waals surface area (Å²) in [5, 5.41) is 0. The van der Waals surface area contributed by atoms with Crippen molar-refractivity contribution < 1.29 is 4.74 Å². The summed E-state index contributed by atoms with van der Waals surface area (Å²) < 4.78 is 6.58. The number of nitrogens with two attached hydrogens (primary N) is 1. The molecule has 0 amide bonds. The van der Waals surface area contributed by atoms with E-state index in [-0.39, 0.29) is 0 Å². The van der Waals surface area contributed by atoms with Crippen molar-refractivity contribution in [2.75, 3.05) is 0 Å². The van der Waals surface area contributed by atoms with E-state index in [4.69, 9.17) is 22.7 Å². The topological polar surface area (TPSA) is 48.1 Å². The van der Waals surface area contributed by atoms with Gasteiger partial charge >= 0.3 is 0 Å². The molecule has 1 aromatic heterocycles. The number of thiocarbonyl (C=S) groups is 1. The molecule has 0 saturated carbocycles. The highest BCUT2D eigenvalue weighted by molar-refractivity contribution is 9.10. The number of ether oxygens (including phenoxy) is 1. The molecule has 0 spiro atoms. The van der Waals surface area contributed by atoms with Crippen molar-refractivity contribution in [3.8, 4) is 5.75 Å². The van der Waals surface area contributed by atoms with E-state index >= 15 is 0 Å². The van der Waals surface area contributed by atoms with Crippen molar-refractivity contribution in [3.63, 3.8) is 0 Å². The van der Waals surface area contributed by atoms with Gasteiger partial charge in [0, 0.05) is 16.2 Å². The Morgan fingerprint density at radius 2 is 2.17 bits per heavy atom. The molecule has 92 valence electrons. The molecule has 0 bridgehead atoms. The Morgan fingerprint density at radius 1 is 1.33 bits per heavy atom. The van der Waals surface area contributed by atoms with Crippen LogP contribution in [-0.2, 0) is 6.61 Å². The zero-order chi connectivity index (χ0) is 13.0. The van der Waals surface area contributed by atoms with Crippen LogP contribution in [0.1, 0.15) is 11.3 Å². The number of hydrogen-bond acceptors (Lipinski definition) is 3. The Labute approximate surface area is 119 Å². The molecular formula is C13H11BrN2OS. The fraction of sp³-hybridized carbons (Fsp3) is 0.0769. The first kappa shape index (κ1) is 13.0. The minimum absolute atomic E-state index is 0.363. The average Bonchev–Trinajstić information content (AvgIpc) is 2.38. The summed E-state index contributed by atoms with van der Waals surface area (Å²) in [5.74, 6) is 0.727. The normalized spacial score (nSPS) is 10.1. The largest absolute Gasteiger partial charge is 0.487 e. The predicted octanol–water partition coefficient (Wildman–Crippen LogP) is 3.06. The summed E-state index contributed by atoms with van der Waals surface area (Å²) in [5.41, 5.74) is 7.22. The molecule has 2 N–H and O–H groups in total. The smallest absolute Gasteiger partial charge is 0.130 e. The summed E-state index contributed by atoms with van der Waals surface area (Å²) in [6, 6.07) is 11.2. The Morgan fingerprint density at radius 3 is 2.83 bits per heavy atom. The van der Waals surface area contributed by atoms with Gasteiger partial charge in [-0.1, -0.05) is 24.4 Å². The van der Waals surface area contributed by atoms with E-state index < -0.39 is 0 Å². The Balaban J connectivity index is 2.04. The third-order valence-electron chi connectivity index (χ3n) is 2.29. The summed E-state index contributed by atoms with van der Waals surface area (Å²) in [6.07, 6.45) is 1.74. The van der Waals surface area contributed by atoms with Gasteiger partial charge in [0.1, 0.15) is 17.3 Å². The van der Waals surface area contributed by atoms with Crippen LogP contribution in [0.15, 0.2) is 47.1 Å². The van der Waals surface area contributed by atoms with Crippen LogP contribution in [-0.4, -0.2) is 9.97 Å². The van der Waals surface area contributed by atoms with Gasteiger partial charge in [-0.05, 0) is 40.2 Å². The maximum Gasteiger partial charge on any atom is 0.130 e. The van der Waals surface area contributed by atoms with Crippen LogP contribution in [0, 0.1) is 0 Å². The second kappa shape index (κ2) is 5.93. The molecule has 0 fully saturated rings. The Hall–Kier alpha value is -1.46. The maximum atomic E-state index is 5.63. The molecule has 1 heterocycles. The lowest BCUT2D eigenvalue weighted by Gasteiger charge is -2.07. The molecule has 0 aliphatic rings. The van der Waals surface area contributed by atoms with Gasteiger partial charge < -0.3 is 10.5 Å². The van der Waals surface area contributed by atoms with Gasteiger partial charge in [0.15, 0.2) is 0 Å². The molecule has 3 nitrogen and oxygen atoms in total. The van der Waals surface area contributed by atoms with Gasteiger partial charge in [-0.2, -0.15) is 0 Å². The number of halogens is 1. The van der Waals surface area contributed by atoms with Crippen LogP contribution in [0.5, 0.6) is 5.75 Å². The van der Waals surface area contributed by atoms with E-state index in [2.05, 4.69) is 20.9 Å². The van der Waals surface area contributed by atoms with E-state index in [9.17, 15) is 0 Å². The van der Waals surface area contributed by atoms with E-state index in [1.807, 2.05) is 36.4 Å². The monoisotopic (exact) mass is 322 g/mol. The van der Waals surface area contributed by atoms with Crippen molar-refractivity contribution in [2.45, 2.75) is 6.61 Å². The quantitative estimate of drug-likeness (QED) is 0.879. The highest BCUT2D eigenvalue weighted by atomic mass is 79.9. The van der Waals surface area contributed by atoms with Crippen molar-refractivity contribution in [1.29, 1.82) is 0 Å². The van der Waals surface area contributed by atoms with Crippen molar-refractivity contribution in [1.82, 2.24) is 4.98 Å². The van der Waals surface area contributed by atoms with Crippen LogP contribution in [0.3, 0.4) is 0 Å². The van der Waals surface area contributed by atoms with Gasteiger partial charge in [0.05, 0.1) is 5.69 Å². The van der Waals surface area contributed by atoms with Crippen molar-refractivity contribution in [2.24, 2.45) is 5.73 Å². The number of pyridine rings is 1. The summed E-state index contributed by atoms with van der Waals surface area (Å²) >= 11 is 8.25. The molecule has 1 aromatic carbocycles. The minimum atomic E-state index is 0.363. The molecule has 2 aromatic rings. The molecule has 0 aliphatic heterocycles. The zero-order valence-electron chi connectivity index (χ0n) is 9.47. The first-order valence-electron chi connectivity index (χ1n) is 5.28. The fourth-order valence-corrected chi connectivity index (χ4v) is 1.75. The lowest BCUT2D eigenvalue weighted by molar-refractivity contribution is 0.301. The van der Waals surface area contributed by atoms with E-state index in [1.165, 1.54) is 0 Å². The molecule has 5 heteroatoms. The average molecular weight is 323 g/mol. The first-order valence-corrected chi connectivity index (χ1v) is 6.48. The molecule has 0 aliphatic carbocycles. The second-order valence-electron chi connectivity index (χ2n) is 3.65. The van der Waals surface area contributed by atoms with Gasteiger partial charge in [0.25, 0.3) is 0 Å². The SMILES string of the molecule is NC(=S)c1cccc(OCc2ccc(Br)cn2)c1. The predicted molar refractivity (Wildman–Crippen MR) is 78.6 cm³/mol. The number of rotatable bonds is 4. The molecule has 0 saturated heterocycles. The van der Waals surface area contributed by atoms with Gasteiger partial charge in [-0.3, -0.25) is 4.98 Å². The van der Waals surface area contributed by atoms with Crippen LogP contribution < -0.4 is 10.5 Å². The van der Waals surface area contributed by atoms with Crippen LogP contribution >= 0.6 is 28.1 Å². The third kappa shape index (κ3) is 3.51. The highest BCUT2D eigenvalue weighted by Crippen LogP contribution is 2.15. The maximum absolute atomic E-state index is 5.63. The van der Waals surface area contributed by atoms with Gasteiger partial charge in [0.2, 0.25) is 0 Å². The number of aromatic nitrogens is 1.